The summed E-state index contributed by atoms with van der Waals surface area (Å²) >= 11 is 0. The molecule has 148 valence electrons. The predicted octanol–water partition coefficient (Wildman–Crippen LogP) is 4.61. The van der Waals surface area contributed by atoms with Crippen LogP contribution in [-0.4, -0.2) is 20.7 Å². The van der Waals surface area contributed by atoms with Crippen LogP contribution in [0.4, 0.5) is 4.39 Å². The molecular formula is C23H23FN4O. The molecule has 0 fully saturated rings. The van der Waals surface area contributed by atoms with Crippen molar-refractivity contribution < 1.29 is 9.18 Å². The highest BCUT2D eigenvalue weighted by atomic mass is 19.1. The van der Waals surface area contributed by atoms with Gasteiger partial charge in [0.05, 0.1) is 17.9 Å². The molecule has 5 nitrogen and oxygen atoms in total. The normalized spacial score (nSPS) is 12.2. The van der Waals surface area contributed by atoms with Crippen molar-refractivity contribution in [2.24, 2.45) is 0 Å². The maximum atomic E-state index is 13.2. The second-order valence-electron chi connectivity index (χ2n) is 7.22. The van der Waals surface area contributed by atoms with Gasteiger partial charge in [0.2, 0.25) is 5.91 Å². The van der Waals surface area contributed by atoms with Gasteiger partial charge in [-0.2, -0.15) is 5.10 Å². The maximum absolute atomic E-state index is 13.2. The fourth-order valence-electron chi connectivity index (χ4n) is 3.67. The highest BCUT2D eigenvalue weighted by Gasteiger charge is 2.16. The van der Waals surface area contributed by atoms with E-state index in [1.165, 1.54) is 12.1 Å². The second kappa shape index (κ2) is 7.91. The van der Waals surface area contributed by atoms with Crippen LogP contribution >= 0.6 is 0 Å². The summed E-state index contributed by atoms with van der Waals surface area (Å²) in [6.07, 6.45) is 4.81. The molecule has 0 bridgehead atoms. The molecule has 0 saturated heterocycles. The highest BCUT2D eigenvalue weighted by molar-refractivity contribution is 5.84. The highest BCUT2D eigenvalue weighted by Crippen LogP contribution is 2.22. The van der Waals surface area contributed by atoms with E-state index in [-0.39, 0.29) is 17.8 Å². The molecule has 0 saturated carbocycles. The fraction of sp³-hybridized carbons (Fsp3) is 0.217. The Bertz CT molecular complexity index is 1140. The molecule has 4 aromatic rings. The van der Waals surface area contributed by atoms with E-state index >= 15 is 0 Å². The molecule has 0 radical (unpaired) electrons. The molecule has 4 rings (SSSR count). The molecule has 0 spiro atoms. The standard InChI is InChI=1S/C23H23FN4O/c1-15(21-14-26-28(16(21)2)19-10-8-18(24)9-11-19)27-23(29)12-7-17-13-25-22-6-4-3-5-20(17)22/h3-6,8-11,13-15,25H,7,12H2,1-2H3,(H,27,29). The summed E-state index contributed by atoms with van der Waals surface area (Å²) < 4.78 is 14.9. The number of H-pyrrole nitrogens is 1. The Hall–Kier alpha value is -3.41. The summed E-state index contributed by atoms with van der Waals surface area (Å²) in [6, 6.07) is 14.1. The van der Waals surface area contributed by atoms with Gasteiger partial charge in [-0.3, -0.25) is 4.79 Å². The van der Waals surface area contributed by atoms with E-state index in [1.54, 1.807) is 23.0 Å². The quantitative estimate of drug-likeness (QED) is 0.505. The average Bonchev–Trinajstić information content (AvgIpc) is 3.30. The lowest BCUT2D eigenvalue weighted by atomic mass is 10.1. The van der Waals surface area contributed by atoms with Crippen molar-refractivity contribution in [3.63, 3.8) is 0 Å². The Labute approximate surface area is 168 Å². The molecule has 1 unspecified atom stereocenters. The SMILES string of the molecule is Cc1c(C(C)NC(=O)CCc2c[nH]c3ccccc23)cnn1-c1ccc(F)cc1. The van der Waals surface area contributed by atoms with Crippen molar-refractivity contribution in [3.05, 3.63) is 83.6 Å². The Balaban J connectivity index is 1.40. The van der Waals surface area contributed by atoms with Gasteiger partial charge in [0.25, 0.3) is 0 Å². The summed E-state index contributed by atoms with van der Waals surface area (Å²) in [4.78, 5) is 15.7. The smallest absolute Gasteiger partial charge is 0.220 e. The predicted molar refractivity (Wildman–Crippen MR) is 111 cm³/mol. The third kappa shape index (κ3) is 3.92. The molecule has 29 heavy (non-hydrogen) atoms. The summed E-state index contributed by atoms with van der Waals surface area (Å²) in [6.45, 7) is 3.89. The number of carbonyl (C=O) groups excluding carboxylic acids is 1. The summed E-state index contributed by atoms with van der Waals surface area (Å²) in [5.74, 6) is -0.286. The lowest BCUT2D eigenvalue weighted by molar-refractivity contribution is -0.121. The number of fused-ring (bicyclic) bond motifs is 1. The zero-order chi connectivity index (χ0) is 20.4. The van der Waals surface area contributed by atoms with Gasteiger partial charge in [-0.25, -0.2) is 9.07 Å². The van der Waals surface area contributed by atoms with Crippen LogP contribution in [0.25, 0.3) is 16.6 Å². The van der Waals surface area contributed by atoms with E-state index in [1.807, 2.05) is 38.2 Å². The van der Waals surface area contributed by atoms with E-state index in [0.717, 1.165) is 33.4 Å². The average molecular weight is 390 g/mol. The number of aromatic nitrogens is 3. The Morgan fingerprint density at radius 1 is 1.21 bits per heavy atom. The van der Waals surface area contributed by atoms with Crippen molar-refractivity contribution in [1.82, 2.24) is 20.1 Å². The number of hydrogen-bond acceptors (Lipinski definition) is 2. The summed E-state index contributed by atoms with van der Waals surface area (Å²) in [5, 5.41) is 8.62. The number of halogens is 1. The van der Waals surface area contributed by atoms with Crippen LogP contribution in [-0.2, 0) is 11.2 Å². The number of aryl methyl sites for hydroxylation is 1. The first kappa shape index (κ1) is 18.9. The summed E-state index contributed by atoms with van der Waals surface area (Å²) in [5.41, 5.74) is 4.87. The molecule has 6 heteroatoms. The number of aromatic amines is 1. The van der Waals surface area contributed by atoms with Crippen LogP contribution < -0.4 is 5.32 Å². The van der Waals surface area contributed by atoms with Gasteiger partial charge in [0, 0.05) is 34.8 Å². The Kier molecular flexibility index (Phi) is 5.16. The van der Waals surface area contributed by atoms with Crippen LogP contribution in [0.5, 0.6) is 0 Å². The van der Waals surface area contributed by atoms with E-state index in [0.29, 0.717) is 12.8 Å². The van der Waals surface area contributed by atoms with Crippen molar-refractivity contribution in [1.29, 1.82) is 0 Å². The van der Waals surface area contributed by atoms with Crippen LogP contribution in [0.1, 0.15) is 36.2 Å². The largest absolute Gasteiger partial charge is 0.361 e. The zero-order valence-electron chi connectivity index (χ0n) is 16.4. The minimum Gasteiger partial charge on any atom is -0.361 e. The van der Waals surface area contributed by atoms with E-state index in [9.17, 15) is 9.18 Å². The first-order valence-corrected chi connectivity index (χ1v) is 9.68. The van der Waals surface area contributed by atoms with Crippen LogP contribution in [0.15, 0.2) is 60.9 Å². The molecule has 0 aliphatic carbocycles. The monoisotopic (exact) mass is 390 g/mol. The van der Waals surface area contributed by atoms with E-state index in [4.69, 9.17) is 0 Å². The molecule has 2 N–H and O–H groups in total. The first-order valence-electron chi connectivity index (χ1n) is 9.68. The van der Waals surface area contributed by atoms with Gasteiger partial charge in [-0.15, -0.1) is 0 Å². The van der Waals surface area contributed by atoms with Gasteiger partial charge in [0.1, 0.15) is 5.82 Å². The van der Waals surface area contributed by atoms with Crippen molar-refractivity contribution >= 4 is 16.8 Å². The number of nitrogens with zero attached hydrogens (tertiary/aromatic N) is 2. The van der Waals surface area contributed by atoms with Crippen molar-refractivity contribution in [3.8, 4) is 5.69 Å². The lowest BCUT2D eigenvalue weighted by Crippen LogP contribution is -2.27. The van der Waals surface area contributed by atoms with Crippen LogP contribution in [0.2, 0.25) is 0 Å². The Morgan fingerprint density at radius 2 is 1.97 bits per heavy atom. The number of para-hydroxylation sites is 1. The van der Waals surface area contributed by atoms with Gasteiger partial charge >= 0.3 is 0 Å². The first-order chi connectivity index (χ1) is 14.0. The third-order valence-corrected chi connectivity index (χ3v) is 5.26. The number of hydrogen-bond donors (Lipinski definition) is 2. The van der Waals surface area contributed by atoms with Gasteiger partial charge in [-0.05, 0) is 56.2 Å². The topological polar surface area (TPSA) is 62.7 Å². The third-order valence-electron chi connectivity index (χ3n) is 5.26. The zero-order valence-corrected chi connectivity index (χ0v) is 16.4. The summed E-state index contributed by atoms with van der Waals surface area (Å²) in [7, 11) is 0. The van der Waals surface area contributed by atoms with Crippen LogP contribution in [0.3, 0.4) is 0 Å². The molecule has 1 atom stereocenters. The number of benzene rings is 2. The van der Waals surface area contributed by atoms with Gasteiger partial charge in [0.15, 0.2) is 0 Å². The fourth-order valence-corrected chi connectivity index (χ4v) is 3.67. The van der Waals surface area contributed by atoms with Crippen molar-refractivity contribution in [2.75, 3.05) is 0 Å². The Morgan fingerprint density at radius 3 is 2.76 bits per heavy atom. The molecule has 2 heterocycles. The number of nitrogens with one attached hydrogen (secondary N) is 2. The number of amides is 1. The minimum absolute atomic E-state index is 0.00304. The van der Waals surface area contributed by atoms with Gasteiger partial charge in [-0.1, -0.05) is 18.2 Å². The van der Waals surface area contributed by atoms with Crippen molar-refractivity contribution in [2.45, 2.75) is 32.7 Å². The van der Waals surface area contributed by atoms with Gasteiger partial charge < -0.3 is 10.3 Å². The molecule has 0 aliphatic heterocycles. The minimum atomic E-state index is -0.283. The van der Waals surface area contributed by atoms with E-state index in [2.05, 4.69) is 21.5 Å². The maximum Gasteiger partial charge on any atom is 0.220 e. The molecular weight excluding hydrogens is 367 g/mol. The molecule has 2 aromatic heterocycles. The molecule has 1 amide bonds. The number of rotatable bonds is 6. The number of carbonyl (C=O) groups is 1. The van der Waals surface area contributed by atoms with Crippen LogP contribution in [0, 0.1) is 12.7 Å². The lowest BCUT2D eigenvalue weighted by Gasteiger charge is -2.14. The second-order valence-corrected chi connectivity index (χ2v) is 7.22. The van der Waals surface area contributed by atoms with E-state index < -0.39 is 0 Å². The molecule has 2 aromatic carbocycles. The molecule has 0 aliphatic rings.